The van der Waals surface area contributed by atoms with Crippen molar-refractivity contribution in [2.45, 2.75) is 33.6 Å². The zero-order chi connectivity index (χ0) is 15.4. The van der Waals surface area contributed by atoms with Crippen molar-refractivity contribution in [2.75, 3.05) is 31.1 Å². The van der Waals surface area contributed by atoms with E-state index in [2.05, 4.69) is 22.1 Å². The Labute approximate surface area is 126 Å². The largest absolute Gasteiger partial charge is 0.371 e. The molecule has 1 unspecified atom stereocenters. The van der Waals surface area contributed by atoms with Crippen LogP contribution in [0.3, 0.4) is 0 Å². The number of pyridine rings is 1. The van der Waals surface area contributed by atoms with Gasteiger partial charge < -0.3 is 16.0 Å². The Morgan fingerprint density at radius 1 is 1.52 bits per heavy atom. The summed E-state index contributed by atoms with van der Waals surface area (Å²) in [4.78, 5) is 18.5. The average Bonchev–Trinajstić information content (AvgIpc) is 2.44. The molecule has 116 valence electrons. The lowest BCUT2D eigenvalue weighted by Gasteiger charge is -2.32. The number of hydrogen-bond acceptors (Lipinski definition) is 4. The predicted octanol–water partition coefficient (Wildman–Crippen LogP) is 1.62. The number of rotatable bonds is 5. The molecule has 0 bridgehead atoms. The first-order valence-corrected chi connectivity index (χ1v) is 7.76. The lowest BCUT2D eigenvalue weighted by molar-refractivity contribution is 0.0999. The van der Waals surface area contributed by atoms with Gasteiger partial charge in [-0.25, -0.2) is 0 Å². The van der Waals surface area contributed by atoms with E-state index >= 15 is 0 Å². The van der Waals surface area contributed by atoms with Crippen molar-refractivity contribution in [3.05, 3.63) is 23.0 Å². The molecule has 2 heterocycles. The van der Waals surface area contributed by atoms with Crippen LogP contribution in [-0.2, 0) is 0 Å². The maximum atomic E-state index is 11.8. The molecule has 5 heteroatoms. The molecule has 1 atom stereocenters. The van der Waals surface area contributed by atoms with Crippen LogP contribution in [0.2, 0.25) is 0 Å². The van der Waals surface area contributed by atoms with Crippen LogP contribution in [0.1, 0.15) is 41.5 Å². The highest BCUT2D eigenvalue weighted by Crippen LogP contribution is 2.25. The Balaban J connectivity index is 2.29. The lowest BCUT2D eigenvalue weighted by Crippen LogP contribution is -2.39. The number of carbonyl (C=O) groups is 1. The van der Waals surface area contributed by atoms with E-state index < -0.39 is 5.91 Å². The molecule has 1 aromatic rings. The molecule has 1 aliphatic rings. The molecule has 0 spiro atoms. The highest BCUT2D eigenvalue weighted by atomic mass is 16.1. The molecule has 0 radical (unpaired) electrons. The minimum absolute atomic E-state index is 0.393. The summed E-state index contributed by atoms with van der Waals surface area (Å²) in [6, 6.07) is 1.98. The zero-order valence-corrected chi connectivity index (χ0v) is 13.3. The number of primary amides is 1. The summed E-state index contributed by atoms with van der Waals surface area (Å²) in [6.45, 7) is 9.90. The van der Waals surface area contributed by atoms with Gasteiger partial charge in [0.05, 0.1) is 16.9 Å². The minimum Gasteiger partial charge on any atom is -0.371 e. The van der Waals surface area contributed by atoms with Gasteiger partial charge in [-0.15, -0.1) is 0 Å². The summed E-state index contributed by atoms with van der Waals surface area (Å²) in [5.74, 6) is 0.225. The van der Waals surface area contributed by atoms with Gasteiger partial charge in [0.1, 0.15) is 0 Å². The highest BCUT2D eigenvalue weighted by Gasteiger charge is 2.21. The number of carbonyl (C=O) groups excluding carboxylic acids is 1. The number of aromatic nitrogens is 1. The van der Waals surface area contributed by atoms with E-state index in [9.17, 15) is 4.79 Å². The Kier molecular flexibility index (Phi) is 5.17. The molecule has 1 amide bonds. The van der Waals surface area contributed by atoms with E-state index in [-0.39, 0.29) is 0 Å². The molecule has 5 nitrogen and oxygen atoms in total. The van der Waals surface area contributed by atoms with Crippen LogP contribution in [0.4, 0.5) is 5.69 Å². The number of piperidine rings is 1. The SMILES string of the molecule is CCN(CC1CCCNC1)c1cc(C)nc(C)c1C(N)=O. The van der Waals surface area contributed by atoms with Crippen molar-refractivity contribution in [2.24, 2.45) is 11.7 Å². The zero-order valence-electron chi connectivity index (χ0n) is 13.3. The maximum Gasteiger partial charge on any atom is 0.252 e. The molecule has 1 aliphatic heterocycles. The number of nitrogens with one attached hydrogen (secondary N) is 1. The lowest BCUT2D eigenvalue weighted by atomic mass is 9.98. The van der Waals surface area contributed by atoms with Gasteiger partial charge in [0.25, 0.3) is 5.91 Å². The summed E-state index contributed by atoms with van der Waals surface area (Å²) in [5.41, 5.74) is 8.71. The summed E-state index contributed by atoms with van der Waals surface area (Å²) in [7, 11) is 0. The third kappa shape index (κ3) is 3.73. The Hall–Kier alpha value is -1.62. The summed E-state index contributed by atoms with van der Waals surface area (Å²) >= 11 is 0. The fourth-order valence-corrected chi connectivity index (χ4v) is 3.15. The Bertz CT molecular complexity index is 509. The standard InChI is InChI=1S/C16H26N4O/c1-4-20(10-13-6-5-7-18-9-13)14-8-11(2)19-12(3)15(14)16(17)21/h8,13,18H,4-7,9-10H2,1-3H3,(H2,17,21). The second-order valence-electron chi connectivity index (χ2n) is 5.86. The number of aryl methyl sites for hydroxylation is 2. The van der Waals surface area contributed by atoms with Gasteiger partial charge in [-0.2, -0.15) is 0 Å². The first kappa shape index (κ1) is 15.8. The van der Waals surface area contributed by atoms with Crippen LogP contribution in [0, 0.1) is 19.8 Å². The molecule has 1 aromatic heterocycles. The number of nitrogens with two attached hydrogens (primary N) is 1. The van der Waals surface area contributed by atoms with E-state index in [1.807, 2.05) is 19.9 Å². The Morgan fingerprint density at radius 3 is 2.86 bits per heavy atom. The molecule has 1 saturated heterocycles. The van der Waals surface area contributed by atoms with Gasteiger partial charge in [-0.05, 0) is 58.7 Å². The number of amides is 1. The molecule has 2 rings (SSSR count). The average molecular weight is 290 g/mol. The minimum atomic E-state index is -0.393. The summed E-state index contributed by atoms with van der Waals surface area (Å²) in [5, 5.41) is 3.45. The smallest absolute Gasteiger partial charge is 0.252 e. The van der Waals surface area contributed by atoms with Gasteiger partial charge in [-0.3, -0.25) is 9.78 Å². The van der Waals surface area contributed by atoms with Crippen LogP contribution < -0.4 is 16.0 Å². The van der Waals surface area contributed by atoms with Crippen LogP contribution in [0.25, 0.3) is 0 Å². The molecule has 21 heavy (non-hydrogen) atoms. The number of nitrogens with zero attached hydrogens (tertiary/aromatic N) is 2. The monoisotopic (exact) mass is 290 g/mol. The van der Waals surface area contributed by atoms with Gasteiger partial charge in [0, 0.05) is 18.8 Å². The van der Waals surface area contributed by atoms with Crippen molar-refractivity contribution in [1.29, 1.82) is 0 Å². The van der Waals surface area contributed by atoms with Crippen LogP contribution in [0.15, 0.2) is 6.07 Å². The maximum absolute atomic E-state index is 11.8. The Morgan fingerprint density at radius 2 is 2.29 bits per heavy atom. The molecule has 1 fully saturated rings. The first-order valence-electron chi connectivity index (χ1n) is 7.76. The van der Waals surface area contributed by atoms with E-state index in [4.69, 9.17) is 5.73 Å². The molecule has 0 aromatic carbocycles. The van der Waals surface area contributed by atoms with Gasteiger partial charge in [0.2, 0.25) is 0 Å². The van der Waals surface area contributed by atoms with E-state index in [1.54, 1.807) is 0 Å². The summed E-state index contributed by atoms with van der Waals surface area (Å²) < 4.78 is 0. The van der Waals surface area contributed by atoms with Crippen molar-refractivity contribution in [3.8, 4) is 0 Å². The number of hydrogen-bond donors (Lipinski definition) is 2. The first-order chi connectivity index (χ1) is 10.0. The normalized spacial score (nSPS) is 18.5. The topological polar surface area (TPSA) is 71.2 Å². The number of anilines is 1. The second-order valence-corrected chi connectivity index (χ2v) is 5.86. The van der Waals surface area contributed by atoms with Crippen LogP contribution in [-0.4, -0.2) is 37.1 Å². The van der Waals surface area contributed by atoms with Crippen LogP contribution in [0.5, 0.6) is 0 Å². The predicted molar refractivity (Wildman–Crippen MR) is 85.7 cm³/mol. The van der Waals surface area contributed by atoms with E-state index in [0.717, 1.165) is 43.3 Å². The fourth-order valence-electron chi connectivity index (χ4n) is 3.15. The van der Waals surface area contributed by atoms with Crippen molar-refractivity contribution < 1.29 is 4.79 Å². The molecule has 0 saturated carbocycles. The second kappa shape index (κ2) is 6.89. The van der Waals surface area contributed by atoms with Gasteiger partial charge >= 0.3 is 0 Å². The van der Waals surface area contributed by atoms with Crippen LogP contribution >= 0.6 is 0 Å². The quantitative estimate of drug-likeness (QED) is 0.864. The molecule has 3 N–H and O–H groups in total. The summed E-state index contributed by atoms with van der Waals surface area (Å²) in [6.07, 6.45) is 2.46. The van der Waals surface area contributed by atoms with Gasteiger partial charge in [0.15, 0.2) is 0 Å². The molecule has 0 aliphatic carbocycles. The molecular weight excluding hydrogens is 264 g/mol. The van der Waals surface area contributed by atoms with Gasteiger partial charge in [-0.1, -0.05) is 0 Å². The fraction of sp³-hybridized carbons (Fsp3) is 0.625. The third-order valence-electron chi connectivity index (χ3n) is 4.15. The third-order valence-corrected chi connectivity index (χ3v) is 4.15. The van der Waals surface area contributed by atoms with E-state index in [0.29, 0.717) is 11.5 Å². The molecular formula is C16H26N4O. The highest BCUT2D eigenvalue weighted by molar-refractivity contribution is 5.99. The van der Waals surface area contributed by atoms with Crippen molar-refractivity contribution in [1.82, 2.24) is 10.3 Å². The van der Waals surface area contributed by atoms with E-state index in [1.165, 1.54) is 12.8 Å². The van der Waals surface area contributed by atoms with Crippen molar-refractivity contribution in [3.63, 3.8) is 0 Å². The van der Waals surface area contributed by atoms with Crippen molar-refractivity contribution >= 4 is 11.6 Å².